The van der Waals surface area contributed by atoms with Crippen LogP contribution in [-0.4, -0.2) is 30.1 Å². The van der Waals surface area contributed by atoms with Gasteiger partial charge in [-0.1, -0.05) is 24.3 Å². The van der Waals surface area contributed by atoms with Gasteiger partial charge in [-0.3, -0.25) is 10.1 Å². The lowest BCUT2D eigenvalue weighted by Gasteiger charge is -2.29. The van der Waals surface area contributed by atoms with Gasteiger partial charge in [-0.2, -0.15) is 0 Å². The molecule has 1 heterocycles. The van der Waals surface area contributed by atoms with Crippen molar-refractivity contribution in [2.75, 3.05) is 7.11 Å². The lowest BCUT2D eigenvalue weighted by molar-refractivity contribution is -0.386. The van der Waals surface area contributed by atoms with E-state index in [1.54, 1.807) is 20.8 Å². The van der Waals surface area contributed by atoms with Crippen molar-refractivity contribution in [1.29, 1.82) is 0 Å². The summed E-state index contributed by atoms with van der Waals surface area (Å²) in [5.74, 6) is -0.599. The van der Waals surface area contributed by atoms with Gasteiger partial charge < -0.3 is 24.8 Å². The second-order valence-electron chi connectivity index (χ2n) is 8.07. The summed E-state index contributed by atoms with van der Waals surface area (Å²) in [5.41, 5.74) is 2.19. The monoisotopic (exact) mass is 469 g/mol. The van der Waals surface area contributed by atoms with Crippen LogP contribution in [0.1, 0.15) is 43.5 Å². The van der Waals surface area contributed by atoms with Crippen LogP contribution in [-0.2, 0) is 16.1 Å². The lowest BCUT2D eigenvalue weighted by atomic mass is 9.94. The van der Waals surface area contributed by atoms with Crippen molar-refractivity contribution in [2.24, 2.45) is 0 Å². The van der Waals surface area contributed by atoms with E-state index in [4.69, 9.17) is 14.2 Å². The fourth-order valence-electron chi connectivity index (χ4n) is 3.62. The highest BCUT2D eigenvalue weighted by atomic mass is 16.6. The highest BCUT2D eigenvalue weighted by Gasteiger charge is 2.35. The first-order chi connectivity index (χ1) is 16.1. The number of ether oxygens (including phenoxy) is 3. The molecule has 0 saturated carbocycles. The highest BCUT2D eigenvalue weighted by Crippen LogP contribution is 2.42. The molecule has 0 bridgehead atoms. The molecular weight excluding hydrogens is 442 g/mol. The number of aryl methyl sites for hydroxylation is 1. The Morgan fingerprint density at radius 2 is 1.91 bits per heavy atom. The van der Waals surface area contributed by atoms with Gasteiger partial charge >= 0.3 is 17.7 Å². The normalized spacial score (nSPS) is 15.5. The number of allylic oxidation sites excluding steroid dienone is 1. The van der Waals surface area contributed by atoms with Crippen LogP contribution in [0.4, 0.5) is 10.5 Å². The highest BCUT2D eigenvalue weighted by molar-refractivity contribution is 5.95. The minimum absolute atomic E-state index is 0.0493. The van der Waals surface area contributed by atoms with Crippen LogP contribution in [0.2, 0.25) is 0 Å². The maximum Gasteiger partial charge on any atom is 0.338 e. The Morgan fingerprint density at radius 1 is 1.21 bits per heavy atom. The summed E-state index contributed by atoms with van der Waals surface area (Å²) in [6.45, 7) is 6.98. The van der Waals surface area contributed by atoms with E-state index in [2.05, 4.69) is 10.6 Å². The molecule has 2 amide bonds. The number of carbonyl (C=O) groups is 2. The maximum absolute atomic E-state index is 12.8. The van der Waals surface area contributed by atoms with Crippen molar-refractivity contribution in [1.82, 2.24) is 10.6 Å². The molecule has 0 fully saturated rings. The number of nitro benzene ring substituents is 1. The summed E-state index contributed by atoms with van der Waals surface area (Å²) in [7, 11) is 1.36. The first-order valence-corrected chi connectivity index (χ1v) is 10.6. The minimum atomic E-state index is -0.988. The fourth-order valence-corrected chi connectivity index (χ4v) is 3.62. The summed E-state index contributed by atoms with van der Waals surface area (Å²) < 4.78 is 16.6. The van der Waals surface area contributed by atoms with Gasteiger partial charge in [0, 0.05) is 11.8 Å². The summed E-state index contributed by atoms with van der Waals surface area (Å²) in [5, 5.41) is 17.1. The molecule has 2 aromatic rings. The third-order valence-electron chi connectivity index (χ3n) is 5.27. The van der Waals surface area contributed by atoms with Crippen LogP contribution in [0.3, 0.4) is 0 Å². The number of carbonyl (C=O) groups excluding carboxylic acids is 2. The number of rotatable bonds is 8. The van der Waals surface area contributed by atoms with Gasteiger partial charge in [0.15, 0.2) is 5.75 Å². The lowest BCUT2D eigenvalue weighted by Crippen LogP contribution is -2.45. The first-order valence-electron chi connectivity index (χ1n) is 10.6. The fraction of sp³-hybridized carbons (Fsp3) is 0.333. The van der Waals surface area contributed by atoms with Gasteiger partial charge in [-0.25, -0.2) is 9.59 Å². The number of nitrogens with one attached hydrogen (secondary N) is 2. The van der Waals surface area contributed by atoms with Crippen LogP contribution >= 0.6 is 0 Å². The molecule has 2 N–H and O–H groups in total. The molecule has 2 aromatic carbocycles. The molecular formula is C24H27N3O7. The van der Waals surface area contributed by atoms with Crippen molar-refractivity contribution in [3.63, 3.8) is 0 Å². The third-order valence-corrected chi connectivity index (χ3v) is 5.27. The predicted octanol–water partition coefficient (Wildman–Crippen LogP) is 4.07. The number of amides is 2. The Labute approximate surface area is 197 Å². The average molecular weight is 469 g/mol. The number of urea groups is 1. The largest absolute Gasteiger partial charge is 0.493 e. The summed E-state index contributed by atoms with van der Waals surface area (Å²) in [6.07, 6.45) is -0.396. The van der Waals surface area contributed by atoms with Crippen LogP contribution in [0.25, 0.3) is 0 Å². The Kier molecular flexibility index (Phi) is 7.40. The smallest absolute Gasteiger partial charge is 0.338 e. The zero-order chi connectivity index (χ0) is 25.0. The molecule has 34 heavy (non-hydrogen) atoms. The Balaban J connectivity index is 2.06. The molecule has 0 aromatic heterocycles. The Morgan fingerprint density at radius 3 is 2.53 bits per heavy atom. The molecule has 0 aliphatic carbocycles. The Bertz CT molecular complexity index is 1160. The second kappa shape index (κ2) is 10.2. The number of nitrogens with zero attached hydrogens (tertiary/aromatic N) is 1. The van der Waals surface area contributed by atoms with Gasteiger partial charge in [-0.15, -0.1) is 0 Å². The molecule has 10 heteroatoms. The van der Waals surface area contributed by atoms with Crippen molar-refractivity contribution in [3.8, 4) is 11.5 Å². The van der Waals surface area contributed by atoms with Crippen molar-refractivity contribution in [2.45, 2.75) is 46.4 Å². The zero-order valence-corrected chi connectivity index (χ0v) is 19.6. The molecule has 0 saturated heterocycles. The number of hydrogen-bond acceptors (Lipinski definition) is 7. The standard InChI is InChI=1S/C24H27N3O7/c1-13(2)34-23(28)20-15(4)25-24(29)26-21(20)17-10-18(27(30)31)22(19(11-17)32-5)33-12-16-9-7-6-8-14(16)3/h6-11,13,21H,12H2,1-5H3,(H2,25,26,29). The number of methoxy groups -OCH3 is 1. The van der Waals surface area contributed by atoms with Crippen LogP contribution in [0, 0.1) is 17.0 Å². The molecule has 1 atom stereocenters. The number of esters is 1. The van der Waals surface area contributed by atoms with Crippen molar-refractivity contribution >= 4 is 17.7 Å². The van der Waals surface area contributed by atoms with Crippen LogP contribution in [0.15, 0.2) is 47.7 Å². The van der Waals surface area contributed by atoms with Gasteiger partial charge in [0.2, 0.25) is 5.75 Å². The first kappa shape index (κ1) is 24.6. The van der Waals surface area contributed by atoms with Gasteiger partial charge in [0.05, 0.1) is 29.8 Å². The second-order valence-corrected chi connectivity index (χ2v) is 8.07. The summed E-state index contributed by atoms with van der Waals surface area (Å²) >= 11 is 0. The van der Waals surface area contributed by atoms with E-state index < -0.39 is 29.1 Å². The zero-order valence-electron chi connectivity index (χ0n) is 19.6. The molecule has 180 valence electrons. The topological polar surface area (TPSA) is 129 Å². The van der Waals surface area contributed by atoms with Gasteiger partial charge in [0.25, 0.3) is 0 Å². The maximum atomic E-state index is 12.8. The number of hydrogen-bond donors (Lipinski definition) is 2. The van der Waals surface area contributed by atoms with Gasteiger partial charge in [-0.05, 0) is 50.5 Å². The van der Waals surface area contributed by atoms with E-state index >= 15 is 0 Å². The van der Waals surface area contributed by atoms with E-state index in [0.717, 1.165) is 11.1 Å². The van der Waals surface area contributed by atoms with E-state index in [1.807, 2.05) is 31.2 Å². The molecule has 0 spiro atoms. The number of benzene rings is 2. The molecule has 10 nitrogen and oxygen atoms in total. The third kappa shape index (κ3) is 5.28. The predicted molar refractivity (Wildman–Crippen MR) is 123 cm³/mol. The van der Waals surface area contributed by atoms with Crippen molar-refractivity contribution < 1.29 is 28.7 Å². The summed E-state index contributed by atoms with van der Waals surface area (Å²) in [6, 6.07) is 8.76. The molecule has 1 aliphatic heterocycles. The van der Waals surface area contributed by atoms with Crippen LogP contribution < -0.4 is 20.1 Å². The average Bonchev–Trinajstić information content (AvgIpc) is 2.76. The molecule has 1 aliphatic rings. The van der Waals surface area contributed by atoms with E-state index in [-0.39, 0.29) is 34.9 Å². The minimum Gasteiger partial charge on any atom is -0.493 e. The Hall–Kier alpha value is -4.08. The van der Waals surface area contributed by atoms with E-state index in [1.165, 1.54) is 19.2 Å². The molecule has 3 rings (SSSR count). The van der Waals surface area contributed by atoms with E-state index in [9.17, 15) is 19.7 Å². The SMILES string of the molecule is COc1cc(C2NC(=O)NC(C)=C2C(=O)OC(C)C)cc([N+](=O)[O-])c1OCc1ccccc1C. The molecule has 1 unspecified atom stereocenters. The van der Waals surface area contributed by atoms with Gasteiger partial charge in [0.1, 0.15) is 6.61 Å². The summed E-state index contributed by atoms with van der Waals surface area (Å²) in [4.78, 5) is 36.3. The quantitative estimate of drug-likeness (QED) is 0.339. The van der Waals surface area contributed by atoms with Crippen molar-refractivity contribution in [3.05, 3.63) is 74.5 Å². The molecule has 0 radical (unpaired) electrons. The van der Waals surface area contributed by atoms with E-state index in [0.29, 0.717) is 5.70 Å². The van der Waals surface area contributed by atoms with Crippen LogP contribution in [0.5, 0.6) is 11.5 Å². The number of nitro groups is 1.